The number of hydrogen-bond donors (Lipinski definition) is 0. The van der Waals surface area contributed by atoms with Gasteiger partial charge in [-0.25, -0.2) is 0 Å². The Morgan fingerprint density at radius 1 is 1.00 bits per heavy atom. The third kappa shape index (κ3) is 153. The summed E-state index contributed by atoms with van der Waals surface area (Å²) in [4.78, 5) is 0. The minimum Gasteiger partial charge on any atom is 1.00 e. The van der Waals surface area contributed by atoms with Crippen LogP contribution in [0, 0.1) is 0 Å². The predicted molar refractivity (Wildman–Crippen MR) is 33.6 cm³/mol. The molecule has 0 fully saturated rings. The second-order valence-electron chi connectivity index (χ2n) is 1.50. The monoisotopic (exact) mass is 156 g/mol. The van der Waals surface area contributed by atoms with E-state index in [4.69, 9.17) is 5.73 Å². The summed E-state index contributed by atoms with van der Waals surface area (Å²) in [6.45, 7) is 0. The molecule has 0 aliphatic rings. The Morgan fingerprint density at radius 2 is 1.00 bits per heavy atom. The maximum Gasteiger partial charge on any atom is 1.00 e. The van der Waals surface area contributed by atoms with E-state index >= 15 is 0 Å². The molecular weight excluding hydrogens is 142 g/mol. The van der Waals surface area contributed by atoms with E-state index in [2.05, 4.69) is 17.3 Å². The van der Waals surface area contributed by atoms with Gasteiger partial charge in [-0.1, -0.05) is 0 Å². The Bertz CT molecular complexity index is 16.4. The summed E-state index contributed by atoms with van der Waals surface area (Å²) >= 11 is -0.333. The van der Waals surface area contributed by atoms with Gasteiger partial charge >= 0.3 is 50.5 Å². The molecule has 0 aliphatic carbocycles. The molecule has 0 aliphatic heterocycles. The van der Waals surface area contributed by atoms with E-state index < -0.39 is 0 Å². The van der Waals surface area contributed by atoms with Gasteiger partial charge in [0.15, 0.2) is 0 Å². The van der Waals surface area contributed by atoms with Gasteiger partial charge in [0.2, 0.25) is 0 Å². The van der Waals surface area contributed by atoms with Crippen LogP contribution in [0.1, 0.15) is 0 Å². The van der Waals surface area contributed by atoms with Gasteiger partial charge in [0, 0.05) is 0 Å². The molecular formula is C4H13GeLiN. The minimum atomic E-state index is -0.333. The minimum absolute atomic E-state index is 0. The van der Waals surface area contributed by atoms with E-state index in [1.54, 1.807) is 0 Å². The van der Waals surface area contributed by atoms with Crippen LogP contribution >= 0.6 is 0 Å². The van der Waals surface area contributed by atoms with Crippen molar-refractivity contribution in [3.63, 3.8) is 0 Å². The van der Waals surface area contributed by atoms with Crippen molar-refractivity contribution in [2.24, 2.45) is 0 Å². The standard InChI is InChI=1S/C3H9Ge.CH4N.Li/c1-4(2)3;1-2;/h1-3H3;2H,1H3;/q;-1;+1. The zero-order valence-corrected chi connectivity index (χ0v) is 8.10. The SMILES string of the molecule is C[NH-].[CH3][Ge]([CH3])[CH3].[Li+]. The topological polar surface area (TPSA) is 23.8 Å². The first-order valence-corrected chi connectivity index (χ1v) is 8.29. The smallest absolute Gasteiger partial charge is 1.00 e. The van der Waals surface area contributed by atoms with Crippen molar-refractivity contribution in [3.8, 4) is 0 Å². The Hall–Kier alpha value is 1.10. The molecule has 1 N–H and O–H groups in total. The molecule has 1 nitrogen and oxygen atoms in total. The fraction of sp³-hybridized carbons (Fsp3) is 1.00. The summed E-state index contributed by atoms with van der Waals surface area (Å²) in [5, 5.41) is 0. The number of nitrogens with one attached hydrogen (secondary N) is 1. The zero-order valence-electron chi connectivity index (χ0n) is 6.00. The number of hydrogen-bond acceptors (Lipinski definition) is 0. The van der Waals surface area contributed by atoms with E-state index in [1.807, 2.05) is 0 Å². The molecule has 0 amide bonds. The summed E-state index contributed by atoms with van der Waals surface area (Å²) in [6, 6.07) is 0. The molecule has 0 atom stereocenters. The molecule has 0 saturated carbocycles. The fourth-order valence-corrected chi connectivity index (χ4v) is 0. The van der Waals surface area contributed by atoms with Gasteiger partial charge in [0.05, 0.1) is 0 Å². The van der Waals surface area contributed by atoms with Crippen LogP contribution < -0.4 is 18.9 Å². The summed E-state index contributed by atoms with van der Waals surface area (Å²) in [7, 11) is 1.25. The van der Waals surface area contributed by atoms with Gasteiger partial charge < -0.3 is 5.73 Å². The van der Waals surface area contributed by atoms with Crippen LogP contribution in [0.3, 0.4) is 0 Å². The van der Waals surface area contributed by atoms with Crippen molar-refractivity contribution in [1.29, 1.82) is 0 Å². The van der Waals surface area contributed by atoms with Crippen LogP contribution in [0.15, 0.2) is 0 Å². The van der Waals surface area contributed by atoms with E-state index in [9.17, 15) is 0 Å². The van der Waals surface area contributed by atoms with Crippen molar-refractivity contribution in [1.82, 2.24) is 0 Å². The fourth-order valence-electron chi connectivity index (χ4n) is 0. The average Bonchev–Trinajstić information content (AvgIpc) is 1.41. The zero-order chi connectivity index (χ0) is 5.58. The summed E-state index contributed by atoms with van der Waals surface area (Å²) in [6.07, 6.45) is 0. The first-order chi connectivity index (χ1) is 2.73. The normalized spacial score (nSPS) is 6.00. The second kappa shape index (κ2) is 15.7. The van der Waals surface area contributed by atoms with E-state index in [-0.39, 0.29) is 33.2 Å². The van der Waals surface area contributed by atoms with Crippen LogP contribution in [0.4, 0.5) is 0 Å². The van der Waals surface area contributed by atoms with Gasteiger partial charge in [-0.05, 0) is 0 Å². The molecule has 7 heavy (non-hydrogen) atoms. The Kier molecular flexibility index (Phi) is 35.2. The Morgan fingerprint density at radius 3 is 1.00 bits per heavy atom. The van der Waals surface area contributed by atoms with E-state index in [0.717, 1.165) is 0 Å². The molecule has 1 radical (unpaired) electrons. The average molecular weight is 155 g/mol. The van der Waals surface area contributed by atoms with Crippen LogP contribution in [0.5, 0.6) is 0 Å². The van der Waals surface area contributed by atoms with Gasteiger partial charge in [-0.15, -0.1) is 0 Å². The summed E-state index contributed by atoms with van der Waals surface area (Å²) in [5.41, 5.74) is 5.75. The van der Waals surface area contributed by atoms with Gasteiger partial charge in [0.1, 0.15) is 0 Å². The van der Waals surface area contributed by atoms with E-state index in [1.165, 1.54) is 7.05 Å². The largest absolute Gasteiger partial charge is 1.00 e. The van der Waals surface area contributed by atoms with E-state index in [0.29, 0.717) is 0 Å². The van der Waals surface area contributed by atoms with Crippen molar-refractivity contribution in [2.75, 3.05) is 7.05 Å². The molecule has 3 heteroatoms. The molecule has 0 aromatic rings. The Balaban J connectivity index is -0.0000000480. The first-order valence-electron chi connectivity index (χ1n) is 2.00. The summed E-state index contributed by atoms with van der Waals surface area (Å²) in [5.74, 6) is 7.00. The molecule has 0 bridgehead atoms. The predicted octanol–water partition coefficient (Wildman–Crippen LogP) is -0.957. The second-order valence-corrected chi connectivity index (χ2v) is 7.79. The molecule has 0 spiro atoms. The van der Waals surface area contributed by atoms with Crippen molar-refractivity contribution < 1.29 is 18.9 Å². The molecule has 0 heterocycles. The Labute approximate surface area is 63.3 Å². The molecule has 0 unspecified atom stereocenters. The molecule has 0 rings (SSSR count). The molecule has 0 aromatic heterocycles. The third-order valence-electron chi connectivity index (χ3n) is 0. The number of rotatable bonds is 0. The maximum absolute atomic E-state index is 5.75. The summed E-state index contributed by atoms with van der Waals surface area (Å²) < 4.78 is 0. The molecule has 39 valence electrons. The van der Waals surface area contributed by atoms with Crippen molar-refractivity contribution in [2.45, 2.75) is 17.3 Å². The van der Waals surface area contributed by atoms with Crippen LogP contribution in [0.25, 0.3) is 5.73 Å². The third-order valence-corrected chi connectivity index (χ3v) is 0. The van der Waals surface area contributed by atoms with Crippen LogP contribution in [-0.4, -0.2) is 21.4 Å². The first kappa shape index (κ1) is 15.7. The van der Waals surface area contributed by atoms with Gasteiger partial charge in [-0.3, -0.25) is 0 Å². The van der Waals surface area contributed by atoms with Crippen LogP contribution in [0.2, 0.25) is 17.3 Å². The molecule has 0 saturated heterocycles. The van der Waals surface area contributed by atoms with Crippen molar-refractivity contribution in [3.05, 3.63) is 5.73 Å². The van der Waals surface area contributed by atoms with Crippen LogP contribution in [-0.2, 0) is 0 Å². The van der Waals surface area contributed by atoms with Gasteiger partial charge in [0.25, 0.3) is 0 Å². The molecule has 0 aromatic carbocycles. The van der Waals surface area contributed by atoms with Crippen molar-refractivity contribution >= 4 is 14.3 Å². The van der Waals surface area contributed by atoms with Gasteiger partial charge in [-0.2, -0.15) is 7.05 Å². The quantitative estimate of drug-likeness (QED) is 0.402. The maximum atomic E-state index is 5.75.